The minimum Gasteiger partial charge on any atom is -0.462 e. The first-order valence-electron chi connectivity index (χ1n) is 5.80. The maximum Gasteiger partial charge on any atom is 0.129 e. The summed E-state index contributed by atoms with van der Waals surface area (Å²) in [5, 5.41) is 0. The van der Waals surface area contributed by atoms with Crippen LogP contribution in [0, 0.1) is 12.7 Å². The number of hydrogen-bond donors (Lipinski definition) is 0. The molecule has 0 unspecified atom stereocenters. The highest BCUT2D eigenvalue weighted by Gasteiger charge is 2.05. The number of ether oxygens (including phenoxy) is 1. The number of halogens is 1. The van der Waals surface area contributed by atoms with Gasteiger partial charge in [0.25, 0.3) is 0 Å². The van der Waals surface area contributed by atoms with Crippen LogP contribution in [0.15, 0.2) is 36.6 Å². The molecule has 0 aliphatic heterocycles. The van der Waals surface area contributed by atoms with E-state index >= 15 is 0 Å². The molecule has 0 atom stereocenters. The van der Waals surface area contributed by atoms with Gasteiger partial charge in [0.05, 0.1) is 5.76 Å². The second-order valence-electron chi connectivity index (χ2n) is 3.47. The van der Waals surface area contributed by atoms with E-state index in [1.165, 1.54) is 12.1 Å². The van der Waals surface area contributed by atoms with Gasteiger partial charge in [-0.2, -0.15) is 0 Å². The Morgan fingerprint density at radius 3 is 2.29 bits per heavy atom. The summed E-state index contributed by atoms with van der Waals surface area (Å²) in [5.74, 6) is 0.963. The molecule has 0 aromatic heterocycles. The van der Waals surface area contributed by atoms with Crippen LogP contribution in [0.1, 0.15) is 38.8 Å². The molecular weight excluding hydrogens is 215 g/mol. The van der Waals surface area contributed by atoms with E-state index in [1.54, 1.807) is 13.0 Å². The van der Waals surface area contributed by atoms with E-state index in [2.05, 4.69) is 6.58 Å². The Bertz CT molecular complexity index is 385. The van der Waals surface area contributed by atoms with Crippen LogP contribution < -0.4 is 0 Å². The summed E-state index contributed by atoms with van der Waals surface area (Å²) in [7, 11) is 0. The van der Waals surface area contributed by atoms with Crippen molar-refractivity contribution in [3.05, 3.63) is 53.6 Å². The molecule has 0 radical (unpaired) electrons. The van der Waals surface area contributed by atoms with Crippen molar-refractivity contribution in [2.45, 2.75) is 34.6 Å². The second kappa shape index (κ2) is 7.66. The smallest absolute Gasteiger partial charge is 0.129 e. The third kappa shape index (κ3) is 5.34. The molecule has 1 nitrogen and oxygen atoms in total. The Labute approximate surface area is 104 Å². The van der Waals surface area contributed by atoms with Gasteiger partial charge in [0, 0.05) is 5.56 Å². The monoisotopic (exact) mass is 236 g/mol. The number of rotatable bonds is 3. The lowest BCUT2D eigenvalue weighted by Crippen LogP contribution is -1.92. The van der Waals surface area contributed by atoms with Gasteiger partial charge in [-0.05, 0) is 50.6 Å². The lowest BCUT2D eigenvalue weighted by atomic mass is 10.1. The summed E-state index contributed by atoms with van der Waals surface area (Å²) in [6, 6.07) is 4.81. The Morgan fingerprint density at radius 2 is 1.88 bits per heavy atom. The van der Waals surface area contributed by atoms with Gasteiger partial charge in [-0.3, -0.25) is 0 Å². The summed E-state index contributed by atoms with van der Waals surface area (Å²) in [6.07, 6.45) is 1.79. The van der Waals surface area contributed by atoms with Crippen molar-refractivity contribution in [3.8, 4) is 0 Å². The molecular formula is C15H21FO. The molecule has 1 aromatic carbocycles. The molecule has 1 aromatic rings. The van der Waals surface area contributed by atoms with E-state index in [0.29, 0.717) is 11.5 Å². The molecule has 0 spiro atoms. The normalized spacial score (nSPS) is 10.4. The quantitative estimate of drug-likeness (QED) is 0.666. The van der Waals surface area contributed by atoms with Crippen LogP contribution in [0.3, 0.4) is 0 Å². The molecule has 94 valence electrons. The van der Waals surface area contributed by atoms with Gasteiger partial charge in [0.15, 0.2) is 0 Å². The molecule has 0 aliphatic carbocycles. The van der Waals surface area contributed by atoms with Gasteiger partial charge in [-0.15, -0.1) is 0 Å². The molecule has 0 amide bonds. The number of aryl methyl sites for hydroxylation is 1. The van der Waals surface area contributed by atoms with Crippen molar-refractivity contribution in [1.82, 2.24) is 0 Å². The van der Waals surface area contributed by atoms with E-state index in [9.17, 15) is 4.39 Å². The van der Waals surface area contributed by atoms with Crippen LogP contribution in [-0.4, -0.2) is 0 Å². The maximum atomic E-state index is 13.2. The summed E-state index contributed by atoms with van der Waals surface area (Å²) in [4.78, 5) is 0. The Morgan fingerprint density at radius 1 is 1.29 bits per heavy atom. The van der Waals surface area contributed by atoms with Crippen molar-refractivity contribution in [1.29, 1.82) is 0 Å². The third-order valence-electron chi connectivity index (χ3n) is 1.87. The zero-order valence-corrected chi connectivity index (χ0v) is 11.3. The molecule has 17 heavy (non-hydrogen) atoms. The zero-order chi connectivity index (χ0) is 13.4. The Hall–Kier alpha value is -1.57. The fourth-order valence-corrected chi connectivity index (χ4v) is 1.35. The molecule has 0 bridgehead atoms. The number of hydrogen-bond acceptors (Lipinski definition) is 1. The summed E-state index contributed by atoms with van der Waals surface area (Å²) in [6.45, 7) is 13.1. The molecule has 0 saturated heterocycles. The van der Waals surface area contributed by atoms with Crippen LogP contribution in [0.2, 0.25) is 0 Å². The standard InChI is InChI=1S/C13H15FO.C2H6/c1-5-13(15-9(2)3)11-6-10(4)7-12(14)8-11;1-2/h5-8H,2H2,1,3-4H3;1-2H3/b13-5-;. The highest BCUT2D eigenvalue weighted by Crippen LogP contribution is 2.20. The summed E-state index contributed by atoms with van der Waals surface area (Å²) >= 11 is 0. The van der Waals surface area contributed by atoms with Gasteiger partial charge in [0.2, 0.25) is 0 Å². The van der Waals surface area contributed by atoms with E-state index < -0.39 is 0 Å². The first kappa shape index (κ1) is 15.4. The maximum absolute atomic E-state index is 13.2. The minimum absolute atomic E-state index is 0.255. The van der Waals surface area contributed by atoms with Gasteiger partial charge < -0.3 is 4.74 Å². The van der Waals surface area contributed by atoms with Gasteiger partial charge in [0.1, 0.15) is 11.6 Å². The third-order valence-corrected chi connectivity index (χ3v) is 1.87. The van der Waals surface area contributed by atoms with Gasteiger partial charge in [-0.25, -0.2) is 4.39 Å². The average molecular weight is 236 g/mol. The molecule has 0 aliphatic rings. The van der Waals surface area contributed by atoms with Crippen molar-refractivity contribution in [2.24, 2.45) is 0 Å². The minimum atomic E-state index is -0.255. The fourth-order valence-electron chi connectivity index (χ4n) is 1.35. The lowest BCUT2D eigenvalue weighted by molar-refractivity contribution is 0.386. The Balaban J connectivity index is 0.00000121. The lowest BCUT2D eigenvalue weighted by Gasteiger charge is -2.10. The van der Waals surface area contributed by atoms with Gasteiger partial charge >= 0.3 is 0 Å². The second-order valence-corrected chi connectivity index (χ2v) is 3.47. The molecule has 0 N–H and O–H groups in total. The summed E-state index contributed by atoms with van der Waals surface area (Å²) in [5.41, 5.74) is 1.60. The molecule has 1 rings (SSSR count). The van der Waals surface area contributed by atoms with Crippen LogP contribution in [0.25, 0.3) is 5.76 Å². The van der Waals surface area contributed by atoms with Crippen LogP contribution >= 0.6 is 0 Å². The molecule has 2 heteroatoms. The van der Waals surface area contributed by atoms with E-state index in [4.69, 9.17) is 4.74 Å². The predicted octanol–water partition coefficient (Wildman–Crippen LogP) is 5.07. The van der Waals surface area contributed by atoms with Gasteiger partial charge in [-0.1, -0.05) is 20.4 Å². The highest BCUT2D eigenvalue weighted by molar-refractivity contribution is 5.60. The van der Waals surface area contributed by atoms with Crippen LogP contribution in [0.5, 0.6) is 0 Å². The Kier molecular flexibility index (Phi) is 6.95. The van der Waals surface area contributed by atoms with E-state index in [0.717, 1.165) is 11.1 Å². The molecule has 0 fully saturated rings. The topological polar surface area (TPSA) is 9.23 Å². The van der Waals surface area contributed by atoms with Crippen LogP contribution in [-0.2, 0) is 4.74 Å². The average Bonchev–Trinajstić information content (AvgIpc) is 2.27. The predicted molar refractivity (Wildman–Crippen MR) is 72.0 cm³/mol. The number of allylic oxidation sites excluding steroid dienone is 2. The molecule has 0 heterocycles. The number of benzene rings is 1. The fraction of sp³-hybridized carbons (Fsp3) is 0.333. The van der Waals surface area contributed by atoms with E-state index in [-0.39, 0.29) is 5.82 Å². The molecule has 0 saturated carbocycles. The van der Waals surface area contributed by atoms with Crippen LogP contribution in [0.4, 0.5) is 4.39 Å². The van der Waals surface area contributed by atoms with Crippen molar-refractivity contribution >= 4 is 5.76 Å². The largest absolute Gasteiger partial charge is 0.462 e. The van der Waals surface area contributed by atoms with E-state index in [1.807, 2.05) is 33.8 Å². The van der Waals surface area contributed by atoms with Crippen molar-refractivity contribution in [3.63, 3.8) is 0 Å². The highest BCUT2D eigenvalue weighted by atomic mass is 19.1. The zero-order valence-electron chi connectivity index (χ0n) is 11.3. The van der Waals surface area contributed by atoms with Crippen molar-refractivity contribution < 1.29 is 9.13 Å². The first-order chi connectivity index (χ1) is 8.02. The summed E-state index contributed by atoms with van der Waals surface area (Å²) < 4.78 is 18.6. The first-order valence-corrected chi connectivity index (χ1v) is 5.80. The SMILES string of the molecule is C=C(C)O/C(=C\C)c1cc(C)cc(F)c1.CC. The van der Waals surface area contributed by atoms with Crippen molar-refractivity contribution in [2.75, 3.05) is 0 Å².